The number of hydrogen-bond donors (Lipinski definition) is 3. The number of ether oxygens (including phenoxy) is 3. The number of aliphatic hydroxyl groups is 1. The van der Waals surface area contributed by atoms with Crippen LogP contribution in [0.4, 0.5) is 15.6 Å². The molecule has 4 amide bonds. The van der Waals surface area contributed by atoms with Crippen LogP contribution >= 0.6 is 11.3 Å². The van der Waals surface area contributed by atoms with Crippen molar-refractivity contribution in [2.75, 3.05) is 30.5 Å². The minimum atomic E-state index is -2.12. The van der Waals surface area contributed by atoms with Crippen LogP contribution in [0.5, 0.6) is 11.5 Å². The number of para-hydroxylation sites is 2. The summed E-state index contributed by atoms with van der Waals surface area (Å²) in [6.07, 6.45) is -0.956. The van der Waals surface area contributed by atoms with Crippen LogP contribution in [0.3, 0.4) is 0 Å². The van der Waals surface area contributed by atoms with E-state index < -0.39 is 65.4 Å². The number of carbonyl (C=O) groups is 4. The average molecular weight is 1000 g/mol. The van der Waals surface area contributed by atoms with E-state index in [1.54, 1.807) is 43.5 Å². The SMILES string of the molecule is COc1ccc(C#Cc2ccc3c(c2)[C@]2(C(=O)N3C(=O)N[C@H](C)c3ccccc3)[C@H](C(=O)Nc3nc4ccccc4s3)[C@H]3C(=O)O[C@H](c4ccccc4)[C@H](c4ccccc4)N3[C@@H]2c2ccccc2OCCO)cc1. The molecular weight excluding hydrogens is 951 g/mol. The van der Waals surface area contributed by atoms with Crippen molar-refractivity contribution >= 4 is 56.2 Å². The molecule has 7 atom stereocenters. The zero-order chi connectivity index (χ0) is 50.9. The zero-order valence-electron chi connectivity index (χ0n) is 40.3. The van der Waals surface area contributed by atoms with Gasteiger partial charge in [0.25, 0.3) is 0 Å². The Bertz CT molecular complexity index is 3440. The first-order valence-corrected chi connectivity index (χ1v) is 25.1. The van der Waals surface area contributed by atoms with Gasteiger partial charge >= 0.3 is 12.0 Å². The van der Waals surface area contributed by atoms with E-state index in [0.717, 1.165) is 20.7 Å². The van der Waals surface area contributed by atoms with Crippen molar-refractivity contribution in [2.24, 2.45) is 5.92 Å². The van der Waals surface area contributed by atoms with Crippen molar-refractivity contribution < 1.29 is 38.5 Å². The molecule has 0 radical (unpaired) electrons. The smallest absolute Gasteiger partial charge is 0.329 e. The molecule has 368 valence electrons. The van der Waals surface area contributed by atoms with Crippen LogP contribution in [0.2, 0.25) is 0 Å². The molecule has 3 N–H and O–H groups in total. The third-order valence-electron chi connectivity index (χ3n) is 14.1. The summed E-state index contributed by atoms with van der Waals surface area (Å²) >= 11 is 1.25. The lowest BCUT2D eigenvalue weighted by Gasteiger charge is -2.46. The van der Waals surface area contributed by atoms with Gasteiger partial charge in [-0.25, -0.2) is 14.7 Å². The Kier molecular flexibility index (Phi) is 13.0. The van der Waals surface area contributed by atoms with Gasteiger partial charge in [-0.3, -0.25) is 19.3 Å². The quantitative estimate of drug-likeness (QED) is 0.0841. The molecule has 74 heavy (non-hydrogen) atoms. The normalized spacial score (nSPS) is 21.2. The number of rotatable bonds is 11. The Morgan fingerprint density at radius 3 is 2.15 bits per heavy atom. The van der Waals surface area contributed by atoms with Gasteiger partial charge in [0.05, 0.1) is 53.7 Å². The maximum absolute atomic E-state index is 16.9. The molecule has 0 aliphatic carbocycles. The molecule has 0 saturated carbocycles. The molecule has 11 rings (SSSR count). The van der Waals surface area contributed by atoms with Gasteiger partial charge < -0.3 is 30.0 Å². The Hall–Kier alpha value is -8.61. The number of fused-ring (bicyclic) bond motifs is 4. The lowest BCUT2D eigenvalue weighted by molar-refractivity contribution is -0.177. The summed E-state index contributed by atoms with van der Waals surface area (Å²) < 4.78 is 19.2. The fraction of sp³-hybridized carbons (Fsp3) is 0.183. The van der Waals surface area contributed by atoms with E-state index in [0.29, 0.717) is 39.3 Å². The summed E-state index contributed by atoms with van der Waals surface area (Å²) in [5, 5.41) is 16.6. The number of benzene rings is 7. The van der Waals surface area contributed by atoms with Crippen molar-refractivity contribution in [3.8, 4) is 23.3 Å². The van der Waals surface area contributed by atoms with Crippen LogP contribution in [0, 0.1) is 17.8 Å². The Balaban J connectivity index is 1.21. The molecule has 2 saturated heterocycles. The van der Waals surface area contributed by atoms with Crippen LogP contribution in [-0.4, -0.2) is 65.2 Å². The summed E-state index contributed by atoms with van der Waals surface area (Å²) in [6, 6.07) is 50.5. The summed E-state index contributed by atoms with van der Waals surface area (Å²) in [5.41, 5.74) is 2.79. The van der Waals surface area contributed by atoms with Gasteiger partial charge in [0.2, 0.25) is 11.8 Å². The zero-order valence-corrected chi connectivity index (χ0v) is 41.1. The minimum absolute atomic E-state index is 0.111. The summed E-state index contributed by atoms with van der Waals surface area (Å²) in [6.45, 7) is 1.39. The van der Waals surface area contributed by atoms with Crippen LogP contribution < -0.4 is 25.0 Å². The number of amides is 4. The second kappa shape index (κ2) is 20.1. The molecule has 14 heteroatoms. The molecular formula is C60H49N5O8S. The van der Waals surface area contributed by atoms with Crippen LogP contribution in [0.1, 0.15) is 70.1 Å². The molecule has 2 fully saturated rings. The lowest BCUT2D eigenvalue weighted by Crippen LogP contribution is -2.55. The number of esters is 1. The molecule has 3 aliphatic heterocycles. The van der Waals surface area contributed by atoms with Gasteiger partial charge in [-0.15, -0.1) is 0 Å². The number of cyclic esters (lactones) is 1. The van der Waals surface area contributed by atoms with Gasteiger partial charge in [0.1, 0.15) is 35.7 Å². The number of morpholine rings is 1. The minimum Gasteiger partial charge on any atom is -0.497 e. The number of nitrogens with zero attached hydrogens (tertiary/aromatic N) is 3. The molecule has 1 aromatic heterocycles. The number of thiazole rings is 1. The molecule has 3 aliphatic rings. The highest BCUT2D eigenvalue weighted by Crippen LogP contribution is 2.67. The number of aliphatic hydroxyl groups excluding tert-OH is 1. The predicted octanol–water partition coefficient (Wildman–Crippen LogP) is 9.85. The summed E-state index contributed by atoms with van der Waals surface area (Å²) in [7, 11) is 1.59. The van der Waals surface area contributed by atoms with Gasteiger partial charge in [-0.05, 0) is 89.8 Å². The number of methoxy groups -OCH3 is 1. The van der Waals surface area contributed by atoms with Gasteiger partial charge in [0.15, 0.2) is 5.13 Å². The van der Waals surface area contributed by atoms with Gasteiger partial charge in [-0.1, -0.05) is 145 Å². The van der Waals surface area contributed by atoms with E-state index in [-0.39, 0.29) is 29.6 Å². The second-order valence-corrected chi connectivity index (χ2v) is 19.3. The molecule has 13 nitrogen and oxygen atoms in total. The highest BCUT2D eigenvalue weighted by Gasteiger charge is 2.76. The standard InChI is InChI=1S/C60H49N5O8S/c1-37(40-16-6-3-7-17-40)61-59(70)64-47-33-30-39(27-26-38-28-31-43(71-2)32-29-38)36-45(47)60(57(64)69)50(55(67)63-58-62-46-23-13-15-25-49(46)74-58)52-56(68)73-53(42-20-10-5-11-21-42)51(41-18-8-4-9-19-41)65(52)54(60)44-22-12-14-24-48(44)72-35-34-66/h3-25,28-33,36-37,50-54,66H,34-35H2,1-2H3,(H,61,70)(H,62,63,67)/t37-,50+,51+,52+,53-,54-,60+/m1/s1. The topological polar surface area (TPSA) is 160 Å². The Morgan fingerprint density at radius 1 is 0.784 bits per heavy atom. The largest absolute Gasteiger partial charge is 0.497 e. The highest BCUT2D eigenvalue weighted by atomic mass is 32.1. The molecule has 7 aromatic carbocycles. The van der Waals surface area contributed by atoms with Gasteiger partial charge in [-0.2, -0.15) is 0 Å². The van der Waals surface area contributed by atoms with E-state index in [1.165, 1.54) is 11.3 Å². The third kappa shape index (κ3) is 8.40. The van der Waals surface area contributed by atoms with E-state index in [9.17, 15) is 5.11 Å². The fourth-order valence-corrected chi connectivity index (χ4v) is 11.8. The third-order valence-corrected chi connectivity index (χ3v) is 15.1. The Labute approximate surface area is 431 Å². The van der Waals surface area contributed by atoms with Crippen molar-refractivity contribution in [1.29, 1.82) is 0 Å². The monoisotopic (exact) mass is 999 g/mol. The summed E-state index contributed by atoms with van der Waals surface area (Å²) in [5.74, 6) is 3.66. The number of imide groups is 1. The Morgan fingerprint density at radius 2 is 1.43 bits per heavy atom. The molecule has 1 spiro atoms. The predicted molar refractivity (Wildman–Crippen MR) is 282 cm³/mol. The van der Waals surface area contributed by atoms with Crippen molar-refractivity contribution in [3.63, 3.8) is 0 Å². The van der Waals surface area contributed by atoms with Crippen molar-refractivity contribution in [3.05, 3.63) is 221 Å². The van der Waals surface area contributed by atoms with Crippen LogP contribution in [-0.2, 0) is 24.5 Å². The highest BCUT2D eigenvalue weighted by molar-refractivity contribution is 7.22. The average Bonchev–Trinajstić information content (AvgIpc) is 4.10. The maximum atomic E-state index is 16.9. The maximum Gasteiger partial charge on any atom is 0.329 e. The number of nitrogens with one attached hydrogen (secondary N) is 2. The second-order valence-electron chi connectivity index (χ2n) is 18.3. The summed E-state index contributed by atoms with van der Waals surface area (Å²) in [4.78, 5) is 71.9. The molecule has 0 bridgehead atoms. The number of hydrogen-bond acceptors (Lipinski definition) is 11. The number of aromatic nitrogens is 1. The molecule has 8 aromatic rings. The van der Waals surface area contributed by atoms with E-state index in [1.807, 2.05) is 157 Å². The fourth-order valence-electron chi connectivity index (χ4n) is 11.0. The van der Waals surface area contributed by atoms with E-state index in [4.69, 9.17) is 19.2 Å². The molecule has 4 heterocycles. The first-order valence-electron chi connectivity index (χ1n) is 24.3. The van der Waals surface area contributed by atoms with Crippen LogP contribution in [0.25, 0.3) is 10.2 Å². The molecule has 0 unspecified atom stereocenters. The number of urea groups is 1. The van der Waals surface area contributed by atoms with Gasteiger partial charge in [0, 0.05) is 16.7 Å². The first-order chi connectivity index (χ1) is 36.2. The van der Waals surface area contributed by atoms with E-state index >= 15 is 19.2 Å². The van der Waals surface area contributed by atoms with Crippen molar-refractivity contribution in [2.45, 2.75) is 42.6 Å². The first kappa shape index (κ1) is 47.7. The number of anilines is 2. The number of carbonyl (C=O) groups excluding carboxylic acids is 4. The lowest BCUT2D eigenvalue weighted by atomic mass is 9.65. The van der Waals surface area contributed by atoms with Crippen LogP contribution in [0.15, 0.2) is 182 Å². The van der Waals surface area contributed by atoms with E-state index in [2.05, 4.69) is 22.5 Å². The van der Waals surface area contributed by atoms with Crippen molar-refractivity contribution in [1.82, 2.24) is 15.2 Å².